The minimum absolute atomic E-state index is 0.0316. The van der Waals surface area contributed by atoms with Crippen molar-refractivity contribution in [2.75, 3.05) is 6.54 Å². The minimum Gasteiger partial charge on any atom is -0.370 e. The molecule has 0 aliphatic carbocycles. The Morgan fingerprint density at radius 3 is 2.48 bits per heavy atom. The van der Waals surface area contributed by atoms with Crippen LogP contribution in [0.4, 0.5) is 5.69 Å². The Balaban J connectivity index is 1.92. The van der Waals surface area contributed by atoms with E-state index in [4.69, 9.17) is 11.5 Å². The third-order valence-electron chi connectivity index (χ3n) is 4.10. The number of rotatable bonds is 7. The highest BCUT2D eigenvalue weighted by atomic mass is 16.1. The van der Waals surface area contributed by atoms with Gasteiger partial charge in [-0.05, 0) is 29.7 Å². The first-order valence-corrected chi connectivity index (χ1v) is 8.37. The Morgan fingerprint density at radius 2 is 1.80 bits per heavy atom. The van der Waals surface area contributed by atoms with Crippen LogP contribution in [0.5, 0.6) is 0 Å². The molecule has 0 radical (unpaired) electrons. The summed E-state index contributed by atoms with van der Waals surface area (Å²) in [6.07, 6.45) is 1.22. The zero-order chi connectivity index (χ0) is 18.3. The molecule has 0 spiro atoms. The summed E-state index contributed by atoms with van der Waals surface area (Å²) >= 11 is 0. The molecule has 5 nitrogen and oxygen atoms in total. The highest BCUT2D eigenvalue weighted by molar-refractivity contribution is 5.79. The molecule has 2 rings (SSSR count). The fourth-order valence-corrected chi connectivity index (χ4v) is 2.56. The number of aryl methyl sites for hydroxylation is 1. The van der Waals surface area contributed by atoms with Gasteiger partial charge in [0.15, 0.2) is 5.96 Å². The van der Waals surface area contributed by atoms with Crippen molar-refractivity contribution in [2.45, 2.75) is 32.1 Å². The monoisotopic (exact) mass is 338 g/mol. The third-order valence-corrected chi connectivity index (χ3v) is 4.10. The lowest BCUT2D eigenvalue weighted by Gasteiger charge is -2.26. The van der Waals surface area contributed by atoms with Gasteiger partial charge < -0.3 is 16.8 Å². The van der Waals surface area contributed by atoms with Crippen LogP contribution in [0.25, 0.3) is 0 Å². The standard InChI is InChI=1S/C20H26N4O/c1-20(2,16-9-6-10-17(13-16)24-19(21)22)14-23-18(25)12-11-15-7-4-3-5-8-15/h3-10,13H,11-12,14H2,1-2H3,(H,23,25)(H4,21,22,24). The molecule has 0 heterocycles. The van der Waals surface area contributed by atoms with Gasteiger partial charge in [0.1, 0.15) is 0 Å². The molecule has 0 fully saturated rings. The average molecular weight is 338 g/mol. The molecule has 0 bridgehead atoms. The lowest BCUT2D eigenvalue weighted by atomic mass is 9.84. The lowest BCUT2D eigenvalue weighted by Crippen LogP contribution is -2.36. The second kappa shape index (κ2) is 8.33. The van der Waals surface area contributed by atoms with Crippen LogP contribution >= 0.6 is 0 Å². The Bertz CT molecular complexity index is 734. The fourth-order valence-electron chi connectivity index (χ4n) is 2.56. The number of nitrogens with one attached hydrogen (secondary N) is 1. The van der Waals surface area contributed by atoms with E-state index >= 15 is 0 Å². The van der Waals surface area contributed by atoms with E-state index in [1.807, 2.05) is 54.6 Å². The van der Waals surface area contributed by atoms with Gasteiger partial charge in [-0.25, -0.2) is 4.99 Å². The van der Waals surface area contributed by atoms with Crippen molar-refractivity contribution in [3.05, 3.63) is 65.7 Å². The van der Waals surface area contributed by atoms with E-state index in [0.717, 1.165) is 12.0 Å². The molecule has 0 aliphatic heterocycles. The molecule has 0 atom stereocenters. The summed E-state index contributed by atoms with van der Waals surface area (Å²) in [6.45, 7) is 4.71. The summed E-state index contributed by atoms with van der Waals surface area (Å²) < 4.78 is 0. The van der Waals surface area contributed by atoms with Crippen LogP contribution in [0, 0.1) is 0 Å². The SMILES string of the molecule is CC(C)(CNC(=O)CCc1ccccc1)c1cccc(N=C(N)N)c1. The molecule has 1 amide bonds. The second-order valence-electron chi connectivity index (χ2n) is 6.73. The van der Waals surface area contributed by atoms with Crippen molar-refractivity contribution in [2.24, 2.45) is 16.5 Å². The van der Waals surface area contributed by atoms with Gasteiger partial charge in [-0.1, -0.05) is 56.3 Å². The number of amides is 1. The number of hydrogen-bond acceptors (Lipinski definition) is 2. The second-order valence-corrected chi connectivity index (χ2v) is 6.73. The van der Waals surface area contributed by atoms with Crippen LogP contribution in [-0.4, -0.2) is 18.4 Å². The summed E-state index contributed by atoms with van der Waals surface area (Å²) in [5.41, 5.74) is 13.6. The fraction of sp³-hybridized carbons (Fsp3) is 0.300. The number of nitrogens with two attached hydrogens (primary N) is 2. The van der Waals surface area contributed by atoms with E-state index in [-0.39, 0.29) is 17.3 Å². The largest absolute Gasteiger partial charge is 0.370 e. The number of benzene rings is 2. The Kier molecular flexibility index (Phi) is 6.17. The Hall–Kier alpha value is -2.82. The molecule has 5 heteroatoms. The number of hydrogen-bond donors (Lipinski definition) is 3. The molecule has 5 N–H and O–H groups in total. The average Bonchev–Trinajstić information content (AvgIpc) is 2.59. The van der Waals surface area contributed by atoms with Crippen LogP contribution in [0.15, 0.2) is 59.6 Å². The number of nitrogens with zero attached hydrogens (tertiary/aromatic N) is 1. The van der Waals surface area contributed by atoms with Gasteiger partial charge in [0.25, 0.3) is 0 Å². The highest BCUT2D eigenvalue weighted by Crippen LogP contribution is 2.26. The maximum atomic E-state index is 12.1. The van der Waals surface area contributed by atoms with Crippen LogP contribution in [0.3, 0.4) is 0 Å². The zero-order valence-corrected chi connectivity index (χ0v) is 14.8. The molecule has 0 saturated heterocycles. The zero-order valence-electron chi connectivity index (χ0n) is 14.8. The van der Waals surface area contributed by atoms with Gasteiger partial charge in [-0.3, -0.25) is 4.79 Å². The topological polar surface area (TPSA) is 93.5 Å². The maximum Gasteiger partial charge on any atom is 0.220 e. The molecule has 0 saturated carbocycles. The number of aliphatic imine (C=N–C) groups is 1. The summed E-state index contributed by atoms with van der Waals surface area (Å²) in [5.74, 6) is 0.0847. The van der Waals surface area contributed by atoms with Crippen molar-refractivity contribution in [1.82, 2.24) is 5.32 Å². The van der Waals surface area contributed by atoms with E-state index in [0.29, 0.717) is 18.7 Å². The molecule has 25 heavy (non-hydrogen) atoms. The third kappa shape index (κ3) is 5.95. The number of carbonyl (C=O) groups is 1. The normalized spacial score (nSPS) is 11.0. The van der Waals surface area contributed by atoms with Gasteiger partial charge >= 0.3 is 0 Å². The summed E-state index contributed by atoms with van der Waals surface area (Å²) in [4.78, 5) is 16.2. The van der Waals surface area contributed by atoms with Crippen molar-refractivity contribution < 1.29 is 4.79 Å². The first kappa shape index (κ1) is 18.5. The quantitative estimate of drug-likeness (QED) is 0.535. The van der Waals surface area contributed by atoms with Gasteiger partial charge in [0.05, 0.1) is 5.69 Å². The molecule has 132 valence electrons. The van der Waals surface area contributed by atoms with Crippen LogP contribution < -0.4 is 16.8 Å². The van der Waals surface area contributed by atoms with Crippen LogP contribution in [0.2, 0.25) is 0 Å². The molecular formula is C20H26N4O. The Morgan fingerprint density at radius 1 is 1.08 bits per heavy atom. The minimum atomic E-state index is -0.225. The van der Waals surface area contributed by atoms with Gasteiger partial charge in [0.2, 0.25) is 5.91 Å². The van der Waals surface area contributed by atoms with E-state index in [1.54, 1.807) is 0 Å². The van der Waals surface area contributed by atoms with E-state index in [2.05, 4.69) is 24.2 Å². The van der Waals surface area contributed by atoms with E-state index in [1.165, 1.54) is 5.56 Å². The molecular weight excluding hydrogens is 312 g/mol. The van der Waals surface area contributed by atoms with Crippen molar-refractivity contribution in [3.8, 4) is 0 Å². The van der Waals surface area contributed by atoms with Gasteiger partial charge in [-0.2, -0.15) is 0 Å². The maximum absolute atomic E-state index is 12.1. The first-order valence-electron chi connectivity index (χ1n) is 8.37. The Labute approximate surface area is 149 Å². The van der Waals surface area contributed by atoms with Gasteiger partial charge in [0, 0.05) is 18.4 Å². The molecule has 2 aromatic rings. The summed E-state index contributed by atoms with van der Waals surface area (Å²) in [6, 6.07) is 17.7. The van der Waals surface area contributed by atoms with E-state index < -0.39 is 0 Å². The summed E-state index contributed by atoms with van der Waals surface area (Å²) in [7, 11) is 0. The molecule has 2 aromatic carbocycles. The van der Waals surface area contributed by atoms with Crippen molar-refractivity contribution in [3.63, 3.8) is 0 Å². The first-order chi connectivity index (χ1) is 11.9. The lowest BCUT2D eigenvalue weighted by molar-refractivity contribution is -0.121. The van der Waals surface area contributed by atoms with Crippen LogP contribution in [0.1, 0.15) is 31.4 Å². The predicted octanol–water partition coefficient (Wildman–Crippen LogP) is 2.62. The molecule has 0 unspecified atom stereocenters. The molecule has 0 aliphatic rings. The van der Waals surface area contributed by atoms with Crippen molar-refractivity contribution in [1.29, 1.82) is 0 Å². The number of carbonyl (C=O) groups excluding carboxylic acids is 1. The highest BCUT2D eigenvalue weighted by Gasteiger charge is 2.21. The van der Waals surface area contributed by atoms with Crippen LogP contribution in [-0.2, 0) is 16.6 Å². The van der Waals surface area contributed by atoms with Gasteiger partial charge in [-0.15, -0.1) is 0 Å². The molecule has 0 aromatic heterocycles. The van der Waals surface area contributed by atoms with Crippen molar-refractivity contribution >= 4 is 17.6 Å². The van der Waals surface area contributed by atoms with E-state index in [9.17, 15) is 4.79 Å². The smallest absolute Gasteiger partial charge is 0.220 e. The number of guanidine groups is 1. The summed E-state index contributed by atoms with van der Waals surface area (Å²) in [5, 5.41) is 3.03. The predicted molar refractivity (Wildman–Crippen MR) is 103 cm³/mol.